The lowest BCUT2D eigenvalue weighted by Gasteiger charge is -2.16. The lowest BCUT2D eigenvalue weighted by atomic mass is 10.2. The van der Waals surface area contributed by atoms with Crippen molar-refractivity contribution >= 4 is 18.0 Å². The Morgan fingerprint density at radius 2 is 2.06 bits per heavy atom. The summed E-state index contributed by atoms with van der Waals surface area (Å²) in [5.74, 6) is -6.05. The quantitative estimate of drug-likeness (QED) is 0.344. The molecule has 186 valence electrons. The molecule has 3 aromatic rings. The Morgan fingerprint density at radius 1 is 1.31 bits per heavy atom. The van der Waals surface area contributed by atoms with Gasteiger partial charge in [-0.05, 0) is 12.5 Å². The summed E-state index contributed by atoms with van der Waals surface area (Å²) in [6.45, 7) is 0.0478. The summed E-state index contributed by atoms with van der Waals surface area (Å²) < 4.78 is 56.8. The number of amides is 1. The Labute approximate surface area is 197 Å². The van der Waals surface area contributed by atoms with Crippen molar-refractivity contribution < 1.29 is 27.2 Å². The van der Waals surface area contributed by atoms with Crippen molar-refractivity contribution in [1.29, 1.82) is 0 Å². The number of hydrogen-bond donors (Lipinski definition) is 1. The maximum absolute atomic E-state index is 13.9. The lowest BCUT2D eigenvalue weighted by Crippen LogP contribution is -2.37. The first-order valence-corrected chi connectivity index (χ1v) is 10.8. The van der Waals surface area contributed by atoms with E-state index >= 15 is 0 Å². The Kier molecular flexibility index (Phi) is 6.59. The van der Waals surface area contributed by atoms with Gasteiger partial charge in [0.15, 0.2) is 11.6 Å². The van der Waals surface area contributed by atoms with Crippen LogP contribution in [0.15, 0.2) is 30.6 Å². The van der Waals surface area contributed by atoms with Crippen LogP contribution in [0.4, 0.5) is 23.4 Å². The highest BCUT2D eigenvalue weighted by Crippen LogP contribution is 2.55. The fourth-order valence-electron chi connectivity index (χ4n) is 3.64. The number of hydrogen-bond acceptors (Lipinski definition) is 6. The normalized spacial score (nSPS) is 17.1. The molecule has 13 heteroatoms. The fourth-order valence-corrected chi connectivity index (χ4v) is 3.64. The van der Waals surface area contributed by atoms with Crippen molar-refractivity contribution in [2.75, 3.05) is 19.0 Å². The van der Waals surface area contributed by atoms with Gasteiger partial charge in [-0.2, -0.15) is 5.10 Å². The van der Waals surface area contributed by atoms with E-state index in [1.807, 2.05) is 0 Å². The topological polar surface area (TPSA) is 97.9 Å². The molecule has 1 N–H and O–H groups in total. The van der Waals surface area contributed by atoms with Gasteiger partial charge in [-0.1, -0.05) is 12.1 Å². The van der Waals surface area contributed by atoms with Crippen LogP contribution >= 0.6 is 0 Å². The van der Waals surface area contributed by atoms with E-state index in [0.717, 1.165) is 6.07 Å². The number of aryl methyl sites for hydroxylation is 1. The average Bonchev–Trinajstić information content (AvgIpc) is 3.16. The van der Waals surface area contributed by atoms with E-state index in [1.165, 1.54) is 27.8 Å². The van der Waals surface area contributed by atoms with Crippen LogP contribution in [0, 0.1) is 11.6 Å². The third-order valence-corrected chi connectivity index (χ3v) is 5.65. The van der Waals surface area contributed by atoms with Crippen LogP contribution in [0.2, 0.25) is 0 Å². The first kappa shape index (κ1) is 24.4. The molecular formula is C22H23F4N7O2. The molecule has 2 unspecified atom stereocenters. The highest BCUT2D eigenvalue weighted by molar-refractivity contribution is 5.92. The number of halogens is 4. The van der Waals surface area contributed by atoms with Gasteiger partial charge >= 0.3 is 0 Å². The molecule has 1 saturated carbocycles. The first-order valence-electron chi connectivity index (χ1n) is 10.8. The third-order valence-electron chi connectivity index (χ3n) is 5.65. The summed E-state index contributed by atoms with van der Waals surface area (Å²) in [6, 6.07) is 4.41. The van der Waals surface area contributed by atoms with Gasteiger partial charge in [0.05, 0.1) is 24.2 Å². The Morgan fingerprint density at radius 3 is 2.71 bits per heavy atom. The number of nitrogens with one attached hydrogen (secondary N) is 1. The number of carbonyl (C=O) groups is 2. The molecule has 2 heterocycles. The number of aldehydes is 1. The van der Waals surface area contributed by atoms with Gasteiger partial charge in [-0.15, -0.1) is 5.10 Å². The number of anilines is 1. The Hall–Kier alpha value is -3.77. The largest absolute Gasteiger partial charge is 0.363 e. The molecule has 0 aliphatic heterocycles. The fraction of sp³-hybridized carbons (Fsp3) is 0.409. The Bertz CT molecular complexity index is 1240. The molecule has 9 nitrogen and oxygen atoms in total. The molecule has 1 aliphatic carbocycles. The van der Waals surface area contributed by atoms with Crippen molar-refractivity contribution in [3.63, 3.8) is 0 Å². The van der Waals surface area contributed by atoms with Crippen LogP contribution in [-0.2, 0) is 17.9 Å². The van der Waals surface area contributed by atoms with Gasteiger partial charge in [-0.3, -0.25) is 4.79 Å². The van der Waals surface area contributed by atoms with E-state index in [2.05, 4.69) is 20.5 Å². The van der Waals surface area contributed by atoms with Crippen molar-refractivity contribution in [1.82, 2.24) is 29.9 Å². The zero-order chi connectivity index (χ0) is 25.3. The Balaban J connectivity index is 1.37. The molecule has 1 amide bonds. The van der Waals surface area contributed by atoms with E-state index in [9.17, 15) is 27.2 Å². The van der Waals surface area contributed by atoms with E-state index in [1.54, 1.807) is 25.1 Å². The highest BCUT2D eigenvalue weighted by atomic mass is 19.3. The SMILES string of the molecule is CN(C)c1cc(C2CC2(F)F)nn1CCC(C=O)NC(=O)c1ncn(Cc2cccc(F)c2F)n1. The number of alkyl halides is 2. The van der Waals surface area contributed by atoms with E-state index in [0.29, 0.717) is 12.1 Å². The van der Waals surface area contributed by atoms with E-state index < -0.39 is 35.4 Å². The van der Waals surface area contributed by atoms with E-state index in [4.69, 9.17) is 0 Å². The zero-order valence-electron chi connectivity index (χ0n) is 19.0. The summed E-state index contributed by atoms with van der Waals surface area (Å²) in [4.78, 5) is 29.7. The maximum Gasteiger partial charge on any atom is 0.291 e. The molecule has 1 aromatic carbocycles. The summed E-state index contributed by atoms with van der Waals surface area (Å²) in [7, 11) is 3.50. The van der Waals surface area contributed by atoms with Gasteiger partial charge in [0, 0.05) is 38.7 Å². The number of benzene rings is 1. The van der Waals surface area contributed by atoms with Crippen LogP contribution in [-0.4, -0.2) is 62.8 Å². The molecule has 35 heavy (non-hydrogen) atoms. The van der Waals surface area contributed by atoms with Crippen molar-refractivity contribution in [2.24, 2.45) is 0 Å². The van der Waals surface area contributed by atoms with Crippen molar-refractivity contribution in [3.8, 4) is 0 Å². The zero-order valence-corrected chi connectivity index (χ0v) is 19.0. The minimum absolute atomic E-state index is 0.0341. The second-order valence-electron chi connectivity index (χ2n) is 8.55. The highest BCUT2D eigenvalue weighted by Gasteiger charge is 2.59. The van der Waals surface area contributed by atoms with Crippen LogP contribution in [0.1, 0.15) is 40.6 Å². The van der Waals surface area contributed by atoms with Crippen molar-refractivity contribution in [3.05, 3.63) is 59.3 Å². The first-order chi connectivity index (χ1) is 16.6. The second-order valence-corrected chi connectivity index (χ2v) is 8.55. The molecule has 0 radical (unpaired) electrons. The van der Waals surface area contributed by atoms with Gasteiger partial charge < -0.3 is 15.0 Å². The summed E-state index contributed by atoms with van der Waals surface area (Å²) in [5.41, 5.74) is 0.321. The van der Waals surface area contributed by atoms with Gasteiger partial charge in [0.1, 0.15) is 18.4 Å². The third kappa shape index (κ3) is 5.33. The van der Waals surface area contributed by atoms with Crippen LogP contribution in [0.5, 0.6) is 0 Å². The minimum Gasteiger partial charge on any atom is -0.363 e. The van der Waals surface area contributed by atoms with Gasteiger partial charge in [0.2, 0.25) is 5.82 Å². The van der Waals surface area contributed by atoms with Crippen molar-refractivity contribution in [2.45, 2.75) is 43.8 Å². The number of aromatic nitrogens is 5. The number of rotatable bonds is 10. The van der Waals surface area contributed by atoms with Crippen LogP contribution in [0.3, 0.4) is 0 Å². The second kappa shape index (κ2) is 9.47. The molecular weight excluding hydrogens is 470 g/mol. The van der Waals surface area contributed by atoms with Crippen LogP contribution < -0.4 is 10.2 Å². The molecule has 2 atom stereocenters. The molecule has 0 bridgehead atoms. The molecule has 4 rings (SSSR count). The smallest absolute Gasteiger partial charge is 0.291 e. The summed E-state index contributed by atoms with van der Waals surface area (Å²) in [6.07, 6.45) is 1.64. The molecule has 1 aliphatic rings. The molecule has 0 saturated heterocycles. The van der Waals surface area contributed by atoms with Gasteiger partial charge in [-0.25, -0.2) is 31.9 Å². The number of carbonyl (C=O) groups excluding carboxylic acids is 2. The predicted molar refractivity (Wildman–Crippen MR) is 116 cm³/mol. The number of nitrogens with zero attached hydrogens (tertiary/aromatic N) is 6. The minimum atomic E-state index is -2.75. The molecule has 2 aromatic heterocycles. The van der Waals surface area contributed by atoms with Crippen LogP contribution in [0.25, 0.3) is 0 Å². The van der Waals surface area contributed by atoms with Gasteiger partial charge in [0.25, 0.3) is 11.8 Å². The standard InChI is InChI=1S/C22H23F4N7O2/c1-31(2)18-8-17(15-9-22(15,25)26)29-33(18)7-6-14(11-34)28-21(35)20-27-12-32(30-20)10-13-4-3-5-16(23)19(13)24/h3-5,8,11-12,14-15H,6-7,9-10H2,1-2H3,(H,28,35). The molecule has 1 fully saturated rings. The molecule has 0 spiro atoms. The maximum atomic E-state index is 13.9. The lowest BCUT2D eigenvalue weighted by molar-refractivity contribution is -0.109. The average molecular weight is 493 g/mol. The summed E-state index contributed by atoms with van der Waals surface area (Å²) in [5, 5.41) is 10.7. The summed E-state index contributed by atoms with van der Waals surface area (Å²) >= 11 is 0. The van der Waals surface area contributed by atoms with E-state index in [-0.39, 0.29) is 43.0 Å². The predicted octanol–water partition coefficient (Wildman–Crippen LogP) is 2.38. The monoisotopic (exact) mass is 493 g/mol.